The van der Waals surface area contributed by atoms with E-state index in [4.69, 9.17) is 5.73 Å². The fraction of sp³-hybridized carbons (Fsp3) is 0.636. The predicted molar refractivity (Wildman–Crippen MR) is 63.1 cm³/mol. The summed E-state index contributed by atoms with van der Waals surface area (Å²) in [6, 6.07) is 0. The minimum atomic E-state index is 0.648. The second-order valence-electron chi connectivity index (χ2n) is 3.70. The number of aromatic nitrogens is 2. The van der Waals surface area contributed by atoms with Crippen LogP contribution < -0.4 is 10.6 Å². The van der Waals surface area contributed by atoms with Gasteiger partial charge in [0.1, 0.15) is 5.82 Å². The second-order valence-corrected chi connectivity index (χ2v) is 3.70. The molecule has 0 fully saturated rings. The van der Waals surface area contributed by atoms with Gasteiger partial charge in [-0.2, -0.15) is 0 Å². The third kappa shape index (κ3) is 3.16. The first-order valence-electron chi connectivity index (χ1n) is 5.44. The van der Waals surface area contributed by atoms with Crippen molar-refractivity contribution in [3.8, 4) is 0 Å². The van der Waals surface area contributed by atoms with E-state index in [-0.39, 0.29) is 0 Å². The zero-order valence-electron chi connectivity index (χ0n) is 9.82. The SMILES string of the molecule is CCCN(CCN)c1nc(C)cnc1C. The lowest BCUT2D eigenvalue weighted by Gasteiger charge is -2.23. The predicted octanol–water partition coefficient (Wildman–Crippen LogP) is 1.27. The van der Waals surface area contributed by atoms with E-state index in [9.17, 15) is 0 Å². The molecule has 0 aliphatic heterocycles. The Bertz CT molecular complexity index is 305. The molecule has 0 saturated carbocycles. The van der Waals surface area contributed by atoms with Crippen LogP contribution in [-0.2, 0) is 0 Å². The van der Waals surface area contributed by atoms with Crippen molar-refractivity contribution in [1.82, 2.24) is 9.97 Å². The number of anilines is 1. The molecule has 1 aromatic rings. The highest BCUT2D eigenvalue weighted by atomic mass is 15.2. The smallest absolute Gasteiger partial charge is 0.150 e. The molecule has 84 valence electrons. The van der Waals surface area contributed by atoms with Crippen molar-refractivity contribution in [1.29, 1.82) is 0 Å². The van der Waals surface area contributed by atoms with E-state index in [1.54, 1.807) is 6.20 Å². The number of hydrogen-bond donors (Lipinski definition) is 1. The van der Waals surface area contributed by atoms with Gasteiger partial charge >= 0.3 is 0 Å². The minimum Gasteiger partial charge on any atom is -0.354 e. The standard InChI is InChI=1S/C11H20N4/c1-4-6-15(7-5-12)11-10(3)13-8-9(2)14-11/h8H,4-7,12H2,1-3H3. The molecule has 1 aromatic heterocycles. The zero-order chi connectivity index (χ0) is 11.3. The molecule has 0 aliphatic rings. The molecule has 0 radical (unpaired) electrons. The maximum absolute atomic E-state index is 5.60. The summed E-state index contributed by atoms with van der Waals surface area (Å²) in [5.41, 5.74) is 7.52. The van der Waals surface area contributed by atoms with E-state index in [0.717, 1.165) is 36.7 Å². The van der Waals surface area contributed by atoms with Crippen LogP contribution in [0, 0.1) is 13.8 Å². The summed E-state index contributed by atoms with van der Waals surface area (Å²) < 4.78 is 0. The summed E-state index contributed by atoms with van der Waals surface area (Å²) in [6.07, 6.45) is 2.89. The molecule has 0 amide bonds. The van der Waals surface area contributed by atoms with Crippen molar-refractivity contribution in [3.05, 3.63) is 17.6 Å². The van der Waals surface area contributed by atoms with E-state index in [0.29, 0.717) is 6.54 Å². The van der Waals surface area contributed by atoms with Gasteiger partial charge in [-0.3, -0.25) is 4.98 Å². The molecule has 0 bridgehead atoms. The molecule has 0 unspecified atom stereocenters. The Labute approximate surface area is 91.5 Å². The Morgan fingerprint density at radius 2 is 2.07 bits per heavy atom. The van der Waals surface area contributed by atoms with E-state index in [1.165, 1.54) is 0 Å². The second kappa shape index (κ2) is 5.66. The maximum atomic E-state index is 5.60. The van der Waals surface area contributed by atoms with Crippen molar-refractivity contribution in [2.75, 3.05) is 24.5 Å². The number of nitrogens with zero attached hydrogens (tertiary/aromatic N) is 3. The van der Waals surface area contributed by atoms with Crippen LogP contribution >= 0.6 is 0 Å². The Hall–Kier alpha value is -1.16. The number of aryl methyl sites for hydroxylation is 2. The lowest BCUT2D eigenvalue weighted by molar-refractivity contribution is 0.741. The number of nitrogens with two attached hydrogens (primary N) is 1. The van der Waals surface area contributed by atoms with Crippen LogP contribution in [-0.4, -0.2) is 29.6 Å². The first-order chi connectivity index (χ1) is 7.19. The van der Waals surface area contributed by atoms with Crippen LogP contribution in [0.4, 0.5) is 5.82 Å². The lowest BCUT2D eigenvalue weighted by atomic mass is 10.3. The van der Waals surface area contributed by atoms with Gasteiger partial charge in [-0.05, 0) is 20.3 Å². The van der Waals surface area contributed by atoms with Gasteiger partial charge in [0.25, 0.3) is 0 Å². The van der Waals surface area contributed by atoms with Gasteiger partial charge < -0.3 is 10.6 Å². The highest BCUT2D eigenvalue weighted by Crippen LogP contribution is 2.14. The largest absolute Gasteiger partial charge is 0.354 e. The Balaban J connectivity index is 2.93. The summed E-state index contributed by atoms with van der Waals surface area (Å²) in [6.45, 7) is 8.57. The molecular weight excluding hydrogens is 188 g/mol. The summed E-state index contributed by atoms with van der Waals surface area (Å²) in [5.74, 6) is 0.974. The summed E-state index contributed by atoms with van der Waals surface area (Å²) in [5, 5.41) is 0. The molecule has 4 nitrogen and oxygen atoms in total. The molecule has 4 heteroatoms. The maximum Gasteiger partial charge on any atom is 0.150 e. The van der Waals surface area contributed by atoms with E-state index < -0.39 is 0 Å². The van der Waals surface area contributed by atoms with Crippen molar-refractivity contribution < 1.29 is 0 Å². The van der Waals surface area contributed by atoms with Gasteiger partial charge in [0.15, 0.2) is 0 Å². The van der Waals surface area contributed by atoms with Crippen LogP contribution in [0.15, 0.2) is 6.20 Å². The van der Waals surface area contributed by atoms with Gasteiger partial charge in [-0.25, -0.2) is 4.98 Å². The summed E-state index contributed by atoms with van der Waals surface area (Å²) >= 11 is 0. The highest BCUT2D eigenvalue weighted by molar-refractivity contribution is 5.43. The van der Waals surface area contributed by atoms with Gasteiger partial charge in [0.05, 0.1) is 11.4 Å². The molecule has 0 aliphatic carbocycles. The topological polar surface area (TPSA) is 55.0 Å². The van der Waals surface area contributed by atoms with E-state index >= 15 is 0 Å². The quantitative estimate of drug-likeness (QED) is 0.791. The third-order valence-corrected chi connectivity index (χ3v) is 2.24. The van der Waals surface area contributed by atoms with Crippen molar-refractivity contribution in [2.45, 2.75) is 27.2 Å². The zero-order valence-corrected chi connectivity index (χ0v) is 9.82. The summed E-state index contributed by atoms with van der Waals surface area (Å²) in [4.78, 5) is 11.0. The molecular formula is C11H20N4. The molecule has 2 N–H and O–H groups in total. The van der Waals surface area contributed by atoms with Gasteiger partial charge in [0, 0.05) is 25.8 Å². The van der Waals surface area contributed by atoms with Crippen molar-refractivity contribution in [3.63, 3.8) is 0 Å². The fourth-order valence-corrected chi connectivity index (χ4v) is 1.57. The molecule has 1 heterocycles. The van der Waals surface area contributed by atoms with Gasteiger partial charge in [-0.15, -0.1) is 0 Å². The first-order valence-corrected chi connectivity index (χ1v) is 5.44. The molecule has 0 saturated heterocycles. The van der Waals surface area contributed by atoms with Crippen molar-refractivity contribution in [2.24, 2.45) is 5.73 Å². The number of hydrogen-bond acceptors (Lipinski definition) is 4. The average molecular weight is 208 g/mol. The van der Waals surface area contributed by atoms with E-state index in [2.05, 4.69) is 21.8 Å². The molecule has 0 aromatic carbocycles. The fourth-order valence-electron chi connectivity index (χ4n) is 1.57. The molecule has 0 atom stereocenters. The van der Waals surface area contributed by atoms with Crippen LogP contribution in [0.5, 0.6) is 0 Å². The van der Waals surface area contributed by atoms with E-state index in [1.807, 2.05) is 13.8 Å². The summed E-state index contributed by atoms with van der Waals surface area (Å²) in [7, 11) is 0. The molecule has 1 rings (SSSR count). The van der Waals surface area contributed by atoms with Crippen molar-refractivity contribution >= 4 is 5.82 Å². The minimum absolute atomic E-state index is 0.648. The Kier molecular flexibility index (Phi) is 4.49. The first kappa shape index (κ1) is 11.9. The Morgan fingerprint density at radius 1 is 1.33 bits per heavy atom. The average Bonchev–Trinajstić information content (AvgIpc) is 2.21. The van der Waals surface area contributed by atoms with Crippen LogP contribution in [0.25, 0.3) is 0 Å². The molecule has 0 spiro atoms. The normalized spacial score (nSPS) is 10.4. The van der Waals surface area contributed by atoms with Gasteiger partial charge in [0.2, 0.25) is 0 Å². The third-order valence-electron chi connectivity index (χ3n) is 2.24. The number of rotatable bonds is 5. The highest BCUT2D eigenvalue weighted by Gasteiger charge is 2.10. The Morgan fingerprint density at radius 3 is 2.67 bits per heavy atom. The van der Waals surface area contributed by atoms with Crippen LogP contribution in [0.2, 0.25) is 0 Å². The monoisotopic (exact) mass is 208 g/mol. The molecule has 15 heavy (non-hydrogen) atoms. The van der Waals surface area contributed by atoms with Gasteiger partial charge in [-0.1, -0.05) is 6.92 Å². The lowest BCUT2D eigenvalue weighted by Crippen LogP contribution is -2.31. The van der Waals surface area contributed by atoms with Crippen LogP contribution in [0.3, 0.4) is 0 Å². The van der Waals surface area contributed by atoms with Crippen LogP contribution in [0.1, 0.15) is 24.7 Å².